The Morgan fingerprint density at radius 3 is 2.35 bits per heavy atom. The Labute approximate surface area is 152 Å². The Hall–Kier alpha value is -2.41. The third kappa shape index (κ3) is 2.86. The Morgan fingerprint density at radius 2 is 1.69 bits per heavy atom. The first-order valence-corrected chi connectivity index (χ1v) is 8.71. The number of carbonyl (C=O) groups is 3. The van der Waals surface area contributed by atoms with E-state index in [2.05, 4.69) is 0 Å². The van der Waals surface area contributed by atoms with Crippen molar-refractivity contribution in [3.8, 4) is 0 Å². The summed E-state index contributed by atoms with van der Waals surface area (Å²) in [6.07, 6.45) is 0.727. The van der Waals surface area contributed by atoms with E-state index in [-0.39, 0.29) is 6.61 Å². The zero-order chi connectivity index (χ0) is 18.8. The summed E-state index contributed by atoms with van der Waals surface area (Å²) in [6, 6.07) is 6.48. The van der Waals surface area contributed by atoms with E-state index < -0.39 is 41.8 Å². The molecule has 140 valence electrons. The summed E-state index contributed by atoms with van der Waals surface area (Å²) in [4.78, 5) is 39.7. The molecule has 0 aromatic heterocycles. The maximum Gasteiger partial charge on any atom is 0.324 e. The molecule has 2 aliphatic heterocycles. The second-order valence-corrected chi connectivity index (χ2v) is 6.43. The highest BCUT2D eigenvalue weighted by atomic mass is 16.5. The quantitative estimate of drug-likeness (QED) is 0.587. The van der Waals surface area contributed by atoms with Gasteiger partial charge in [-0.05, 0) is 24.5 Å². The van der Waals surface area contributed by atoms with Gasteiger partial charge in [0, 0.05) is 6.54 Å². The number of benzene rings is 1. The lowest BCUT2D eigenvalue weighted by atomic mass is 9.82. The van der Waals surface area contributed by atoms with Gasteiger partial charge in [0.25, 0.3) is 0 Å². The van der Waals surface area contributed by atoms with Crippen molar-refractivity contribution in [1.29, 1.82) is 0 Å². The predicted octanol–water partition coefficient (Wildman–Crippen LogP) is 1.11. The number of fused-ring (bicyclic) bond motifs is 3. The summed E-state index contributed by atoms with van der Waals surface area (Å²) in [5.74, 6) is -3.45. The van der Waals surface area contributed by atoms with Crippen LogP contribution >= 0.6 is 0 Å². The molecule has 0 spiro atoms. The number of hydrogen-bond acceptors (Lipinski definition) is 7. The van der Waals surface area contributed by atoms with Gasteiger partial charge >= 0.3 is 17.9 Å². The average Bonchev–Trinajstić information content (AvgIpc) is 3.02. The van der Waals surface area contributed by atoms with Crippen LogP contribution < -0.4 is 0 Å². The fourth-order valence-electron chi connectivity index (χ4n) is 4.26. The van der Waals surface area contributed by atoms with Gasteiger partial charge in [-0.1, -0.05) is 24.3 Å². The maximum atomic E-state index is 12.7. The molecule has 26 heavy (non-hydrogen) atoms. The van der Waals surface area contributed by atoms with Gasteiger partial charge in [-0.25, -0.2) is 0 Å². The van der Waals surface area contributed by atoms with Crippen LogP contribution in [0.4, 0.5) is 0 Å². The van der Waals surface area contributed by atoms with Crippen molar-refractivity contribution in [2.24, 2.45) is 11.8 Å². The molecule has 2 aliphatic rings. The van der Waals surface area contributed by atoms with Gasteiger partial charge in [0.2, 0.25) is 0 Å². The minimum atomic E-state index is -0.970. The number of hydrogen-bond donors (Lipinski definition) is 0. The van der Waals surface area contributed by atoms with Gasteiger partial charge in [-0.3, -0.25) is 19.3 Å². The summed E-state index contributed by atoms with van der Waals surface area (Å²) in [5.41, 5.74) is 2.05. The average molecular weight is 361 g/mol. The summed E-state index contributed by atoms with van der Waals surface area (Å²) in [6.45, 7) is 2.45. The first-order valence-electron chi connectivity index (χ1n) is 8.71. The Balaban J connectivity index is 2.14. The summed E-state index contributed by atoms with van der Waals surface area (Å²) >= 11 is 0. The van der Waals surface area contributed by atoms with Crippen molar-refractivity contribution >= 4 is 17.9 Å². The van der Waals surface area contributed by atoms with Gasteiger partial charge in [-0.2, -0.15) is 0 Å². The Morgan fingerprint density at radius 1 is 1.04 bits per heavy atom. The van der Waals surface area contributed by atoms with Crippen LogP contribution in [0.5, 0.6) is 0 Å². The van der Waals surface area contributed by atoms with Crippen molar-refractivity contribution in [3.05, 3.63) is 35.4 Å². The number of ether oxygens (including phenoxy) is 3. The monoisotopic (exact) mass is 361 g/mol. The highest BCUT2D eigenvalue weighted by molar-refractivity contribution is 5.91. The van der Waals surface area contributed by atoms with Crippen LogP contribution in [0, 0.1) is 11.8 Å². The minimum absolute atomic E-state index is 0.196. The molecule has 7 heteroatoms. The largest absolute Gasteiger partial charge is 0.469 e. The molecule has 1 aromatic carbocycles. The summed E-state index contributed by atoms with van der Waals surface area (Å²) in [5, 5.41) is 0. The van der Waals surface area contributed by atoms with E-state index in [4.69, 9.17) is 14.2 Å². The number of rotatable bonds is 4. The molecule has 0 aliphatic carbocycles. The van der Waals surface area contributed by atoms with Gasteiger partial charge in [-0.15, -0.1) is 0 Å². The van der Waals surface area contributed by atoms with Crippen LogP contribution in [0.15, 0.2) is 24.3 Å². The van der Waals surface area contributed by atoms with Crippen molar-refractivity contribution in [2.75, 3.05) is 27.4 Å². The summed E-state index contributed by atoms with van der Waals surface area (Å²) in [7, 11) is 2.54. The molecule has 3 rings (SSSR count). The second kappa shape index (κ2) is 7.45. The third-order valence-corrected chi connectivity index (χ3v) is 5.27. The molecule has 0 radical (unpaired) electrons. The second-order valence-electron chi connectivity index (χ2n) is 6.43. The Bertz CT molecular complexity index is 718. The fraction of sp³-hybridized carbons (Fsp3) is 0.526. The van der Waals surface area contributed by atoms with Crippen LogP contribution in [0.1, 0.15) is 24.1 Å². The van der Waals surface area contributed by atoms with Crippen LogP contribution in [0.25, 0.3) is 0 Å². The van der Waals surface area contributed by atoms with Crippen molar-refractivity contribution in [1.82, 2.24) is 4.90 Å². The van der Waals surface area contributed by atoms with Gasteiger partial charge < -0.3 is 14.2 Å². The molecule has 2 heterocycles. The lowest BCUT2D eigenvalue weighted by Crippen LogP contribution is -2.46. The molecule has 0 N–H and O–H groups in total. The molecule has 1 saturated heterocycles. The lowest BCUT2D eigenvalue weighted by molar-refractivity contribution is -0.161. The smallest absolute Gasteiger partial charge is 0.324 e. The standard InChI is InChI=1S/C19H23NO6/c1-4-26-19(23)16-14(18(22)25-3)13(17(21)24-2)15-12-8-6-5-7-11(12)9-10-20(15)16/h5-8,13-16H,4,9-10H2,1-3H3/t13-,14+,15-,16+/m1/s1. The normalized spacial score (nSPS) is 27.2. The lowest BCUT2D eigenvalue weighted by Gasteiger charge is -2.35. The molecule has 0 saturated carbocycles. The minimum Gasteiger partial charge on any atom is -0.469 e. The topological polar surface area (TPSA) is 82.1 Å². The molecule has 1 fully saturated rings. The molecular weight excluding hydrogens is 338 g/mol. The molecule has 1 aromatic rings. The van der Waals surface area contributed by atoms with E-state index in [1.165, 1.54) is 14.2 Å². The zero-order valence-corrected chi connectivity index (χ0v) is 15.1. The van der Waals surface area contributed by atoms with Crippen LogP contribution in [-0.4, -0.2) is 56.2 Å². The van der Waals surface area contributed by atoms with E-state index in [9.17, 15) is 14.4 Å². The van der Waals surface area contributed by atoms with Crippen molar-refractivity contribution in [3.63, 3.8) is 0 Å². The van der Waals surface area contributed by atoms with Crippen molar-refractivity contribution in [2.45, 2.75) is 25.4 Å². The number of methoxy groups -OCH3 is 2. The highest BCUT2D eigenvalue weighted by Crippen LogP contribution is 2.49. The van der Waals surface area contributed by atoms with E-state index in [1.807, 2.05) is 29.2 Å². The Kier molecular flexibility index (Phi) is 5.27. The molecule has 0 amide bonds. The van der Waals surface area contributed by atoms with E-state index in [0.717, 1.165) is 17.5 Å². The fourth-order valence-corrected chi connectivity index (χ4v) is 4.26. The third-order valence-electron chi connectivity index (χ3n) is 5.27. The van der Waals surface area contributed by atoms with Gasteiger partial charge in [0.05, 0.1) is 38.7 Å². The van der Waals surface area contributed by atoms with E-state index in [0.29, 0.717) is 6.54 Å². The molecule has 7 nitrogen and oxygen atoms in total. The first kappa shape index (κ1) is 18.4. The van der Waals surface area contributed by atoms with E-state index >= 15 is 0 Å². The van der Waals surface area contributed by atoms with Crippen LogP contribution in [0.3, 0.4) is 0 Å². The number of carbonyl (C=O) groups excluding carboxylic acids is 3. The van der Waals surface area contributed by atoms with Crippen LogP contribution in [-0.2, 0) is 35.0 Å². The number of nitrogens with zero attached hydrogens (tertiary/aromatic N) is 1. The summed E-state index contributed by atoms with van der Waals surface area (Å²) < 4.78 is 15.1. The molecular formula is C19H23NO6. The maximum absolute atomic E-state index is 12.7. The zero-order valence-electron chi connectivity index (χ0n) is 15.1. The van der Waals surface area contributed by atoms with Crippen LogP contribution in [0.2, 0.25) is 0 Å². The highest BCUT2D eigenvalue weighted by Gasteiger charge is 2.60. The van der Waals surface area contributed by atoms with Gasteiger partial charge in [0.1, 0.15) is 6.04 Å². The van der Waals surface area contributed by atoms with Crippen molar-refractivity contribution < 1.29 is 28.6 Å². The van der Waals surface area contributed by atoms with E-state index in [1.54, 1.807) is 6.92 Å². The first-order chi connectivity index (χ1) is 12.5. The number of esters is 3. The molecule has 0 bridgehead atoms. The van der Waals surface area contributed by atoms with Gasteiger partial charge in [0.15, 0.2) is 0 Å². The SMILES string of the molecule is CCOC(=O)[C@@H]1[C@@H](C(=O)OC)[C@@H](C(=O)OC)[C@H]2c3ccccc3CCN12. The molecule has 0 unspecified atom stereocenters. The predicted molar refractivity (Wildman–Crippen MR) is 91.0 cm³/mol. The molecule has 4 atom stereocenters.